The van der Waals surface area contributed by atoms with Gasteiger partial charge in [-0.2, -0.15) is 11.8 Å². The first-order chi connectivity index (χ1) is 15.9. The van der Waals surface area contributed by atoms with Gasteiger partial charge < -0.3 is 9.72 Å². The van der Waals surface area contributed by atoms with Crippen LogP contribution in [0.25, 0.3) is 10.2 Å². The average Bonchev–Trinajstić information content (AvgIpc) is 3.37. The van der Waals surface area contributed by atoms with E-state index in [1.54, 1.807) is 11.3 Å². The number of thioether (sulfide) groups is 1. The average molecular weight is 487 g/mol. The van der Waals surface area contributed by atoms with Crippen LogP contribution in [0.3, 0.4) is 0 Å². The summed E-state index contributed by atoms with van der Waals surface area (Å²) >= 11 is 3.12. The molecule has 0 spiro atoms. The topological polar surface area (TPSA) is 113 Å². The third-order valence-corrected chi connectivity index (χ3v) is 7.54. The number of carbonyl (C=O) groups is 2. The number of aromatic nitrogens is 2. The number of hydrogen-bond acceptors (Lipinski definition) is 7. The van der Waals surface area contributed by atoms with Crippen molar-refractivity contribution in [2.24, 2.45) is 0 Å². The van der Waals surface area contributed by atoms with Crippen molar-refractivity contribution in [1.82, 2.24) is 20.8 Å². The van der Waals surface area contributed by atoms with Crippen LogP contribution in [-0.2, 0) is 28.2 Å². The van der Waals surface area contributed by atoms with Gasteiger partial charge in [-0.15, -0.1) is 11.3 Å². The molecule has 0 unspecified atom stereocenters. The Kier molecular flexibility index (Phi) is 7.34. The molecule has 8 nitrogen and oxygen atoms in total. The van der Waals surface area contributed by atoms with Crippen molar-refractivity contribution in [1.29, 1.82) is 0 Å². The molecule has 10 heteroatoms. The van der Waals surface area contributed by atoms with Crippen molar-refractivity contribution in [3.63, 3.8) is 0 Å². The molecule has 1 aliphatic rings. The highest BCUT2D eigenvalue weighted by Crippen LogP contribution is 2.34. The summed E-state index contributed by atoms with van der Waals surface area (Å²) in [7, 11) is 0. The van der Waals surface area contributed by atoms with Gasteiger partial charge in [0.25, 0.3) is 11.5 Å². The second kappa shape index (κ2) is 10.4. The summed E-state index contributed by atoms with van der Waals surface area (Å²) in [6, 6.07) is 5.77. The van der Waals surface area contributed by atoms with Gasteiger partial charge in [-0.25, -0.2) is 4.98 Å². The molecule has 0 radical (unpaired) electrons. The van der Waals surface area contributed by atoms with Crippen LogP contribution >= 0.6 is 23.1 Å². The third-order valence-electron chi connectivity index (χ3n) is 5.38. The maximum atomic E-state index is 12.5. The molecule has 3 aromatic rings. The fourth-order valence-electron chi connectivity index (χ4n) is 3.69. The van der Waals surface area contributed by atoms with Crippen LogP contribution < -0.4 is 21.1 Å². The molecule has 1 aromatic carbocycles. The fraction of sp³-hybridized carbons (Fsp3) is 0.391. The number of thiophene rings is 1. The summed E-state index contributed by atoms with van der Waals surface area (Å²) in [5.74, 6) is 1.57. The van der Waals surface area contributed by atoms with E-state index in [1.165, 1.54) is 22.2 Å². The predicted molar refractivity (Wildman–Crippen MR) is 131 cm³/mol. The number of fused-ring (bicyclic) bond motifs is 3. The van der Waals surface area contributed by atoms with E-state index in [-0.39, 0.29) is 24.5 Å². The number of hydrazine groups is 1. The highest BCUT2D eigenvalue weighted by molar-refractivity contribution is 7.98. The summed E-state index contributed by atoms with van der Waals surface area (Å²) < 4.78 is 5.52. The van der Waals surface area contributed by atoms with Crippen LogP contribution in [0, 0.1) is 13.8 Å². The number of aryl methyl sites for hydroxylation is 4. The molecular weight excluding hydrogens is 460 g/mol. The molecule has 0 atom stereocenters. The summed E-state index contributed by atoms with van der Waals surface area (Å²) in [5, 5.41) is 0.748. The van der Waals surface area contributed by atoms with Gasteiger partial charge in [-0.05, 0) is 55.9 Å². The van der Waals surface area contributed by atoms with E-state index in [0.717, 1.165) is 40.6 Å². The van der Waals surface area contributed by atoms with Crippen molar-refractivity contribution in [2.45, 2.75) is 45.3 Å². The van der Waals surface area contributed by atoms with Gasteiger partial charge in [0.1, 0.15) is 16.4 Å². The minimum atomic E-state index is -0.435. The molecule has 2 aromatic heterocycles. The van der Waals surface area contributed by atoms with Crippen LogP contribution in [0.5, 0.6) is 5.75 Å². The number of carbonyl (C=O) groups excluding carboxylic acids is 2. The Morgan fingerprint density at radius 2 is 2.03 bits per heavy atom. The molecule has 0 fully saturated rings. The Labute approximate surface area is 199 Å². The number of benzene rings is 1. The molecule has 2 heterocycles. The van der Waals surface area contributed by atoms with E-state index in [2.05, 4.69) is 20.8 Å². The highest BCUT2D eigenvalue weighted by Gasteiger charge is 2.21. The molecule has 174 valence electrons. The molecule has 3 N–H and O–H groups in total. The Morgan fingerprint density at radius 1 is 1.21 bits per heavy atom. The zero-order valence-corrected chi connectivity index (χ0v) is 20.2. The van der Waals surface area contributed by atoms with Gasteiger partial charge in [0.15, 0.2) is 6.61 Å². The van der Waals surface area contributed by atoms with E-state index in [9.17, 15) is 14.4 Å². The summed E-state index contributed by atoms with van der Waals surface area (Å²) in [6.45, 7) is 3.67. The number of aromatic amines is 1. The van der Waals surface area contributed by atoms with E-state index in [0.29, 0.717) is 23.1 Å². The largest absolute Gasteiger partial charge is 0.483 e. The van der Waals surface area contributed by atoms with Gasteiger partial charge in [0.05, 0.1) is 11.1 Å². The van der Waals surface area contributed by atoms with Gasteiger partial charge in [-0.1, -0.05) is 12.1 Å². The van der Waals surface area contributed by atoms with Crippen LogP contribution in [-0.4, -0.2) is 34.1 Å². The summed E-state index contributed by atoms with van der Waals surface area (Å²) in [5.41, 5.74) is 7.83. The molecule has 1 aliphatic carbocycles. The van der Waals surface area contributed by atoms with Crippen LogP contribution in [0.4, 0.5) is 0 Å². The number of nitrogens with one attached hydrogen (secondary N) is 3. The zero-order chi connectivity index (χ0) is 23.4. The lowest BCUT2D eigenvalue weighted by Crippen LogP contribution is -2.44. The van der Waals surface area contributed by atoms with Crippen molar-refractivity contribution < 1.29 is 14.3 Å². The number of nitrogens with zero attached hydrogens (tertiary/aromatic N) is 1. The Bertz CT molecular complexity index is 1250. The van der Waals surface area contributed by atoms with Crippen LogP contribution in [0.15, 0.2) is 23.0 Å². The molecule has 4 rings (SSSR count). The third kappa shape index (κ3) is 5.75. The predicted octanol–water partition coefficient (Wildman–Crippen LogP) is 2.94. The summed E-state index contributed by atoms with van der Waals surface area (Å²) in [6.07, 6.45) is 3.32. The minimum Gasteiger partial charge on any atom is -0.483 e. The van der Waals surface area contributed by atoms with Crippen molar-refractivity contribution >= 4 is 45.1 Å². The standard InChI is InChI=1S/C23H26N4O4S2/c1-13-6-7-14(2)16(10-13)31-11-20(29)27-26-19(28)8-9-32-12-18-24-22(30)21-15-4-3-5-17(15)33-23(21)25-18/h6-7,10H,3-5,8-9,11-12H2,1-2H3,(H,26,28)(H,27,29)(H,24,25,30). The lowest BCUT2D eigenvalue weighted by atomic mass is 10.1. The summed E-state index contributed by atoms with van der Waals surface area (Å²) in [4.78, 5) is 46.0. The van der Waals surface area contributed by atoms with E-state index >= 15 is 0 Å². The quantitative estimate of drug-likeness (QED) is 0.333. The van der Waals surface area contributed by atoms with Crippen LogP contribution in [0.1, 0.15) is 40.2 Å². The highest BCUT2D eigenvalue weighted by atomic mass is 32.2. The second-order valence-electron chi connectivity index (χ2n) is 8.01. The molecular formula is C23H26N4O4S2. The molecule has 0 saturated carbocycles. The van der Waals surface area contributed by atoms with Crippen LogP contribution in [0.2, 0.25) is 0 Å². The number of H-pyrrole nitrogens is 1. The van der Waals surface area contributed by atoms with Gasteiger partial charge in [0, 0.05) is 17.1 Å². The Morgan fingerprint density at radius 3 is 2.88 bits per heavy atom. The van der Waals surface area contributed by atoms with Crippen molar-refractivity contribution in [3.8, 4) is 5.75 Å². The SMILES string of the molecule is Cc1ccc(C)c(OCC(=O)NNC(=O)CCSCc2nc3sc4c(c3c(=O)[nH]2)CCC4)c1. The zero-order valence-electron chi connectivity index (χ0n) is 18.6. The first kappa shape index (κ1) is 23.3. The maximum absolute atomic E-state index is 12.5. The minimum absolute atomic E-state index is 0.0708. The second-order valence-corrected chi connectivity index (χ2v) is 10.2. The van der Waals surface area contributed by atoms with E-state index < -0.39 is 5.91 Å². The lowest BCUT2D eigenvalue weighted by Gasteiger charge is -2.11. The number of hydrogen-bond donors (Lipinski definition) is 3. The molecule has 2 amide bonds. The lowest BCUT2D eigenvalue weighted by molar-refractivity contribution is -0.129. The van der Waals surface area contributed by atoms with Crippen molar-refractivity contribution in [2.75, 3.05) is 12.4 Å². The smallest absolute Gasteiger partial charge is 0.276 e. The fourth-order valence-corrected chi connectivity index (χ4v) is 5.78. The number of ether oxygens (including phenoxy) is 1. The van der Waals surface area contributed by atoms with Gasteiger partial charge >= 0.3 is 0 Å². The first-order valence-electron chi connectivity index (χ1n) is 10.8. The normalized spacial score (nSPS) is 12.5. The maximum Gasteiger partial charge on any atom is 0.276 e. The van der Waals surface area contributed by atoms with E-state index in [1.807, 2.05) is 32.0 Å². The number of amides is 2. The van der Waals surface area contributed by atoms with Gasteiger partial charge in [0.2, 0.25) is 5.91 Å². The van der Waals surface area contributed by atoms with Crippen molar-refractivity contribution in [3.05, 3.63) is 55.9 Å². The van der Waals surface area contributed by atoms with E-state index in [4.69, 9.17) is 4.74 Å². The monoisotopic (exact) mass is 486 g/mol. The molecule has 33 heavy (non-hydrogen) atoms. The molecule has 0 saturated heterocycles. The molecule has 0 aliphatic heterocycles. The van der Waals surface area contributed by atoms with Gasteiger partial charge in [-0.3, -0.25) is 25.2 Å². The Hall–Kier alpha value is -2.85. The Balaban J connectivity index is 1.17. The molecule has 0 bridgehead atoms. The first-order valence-corrected chi connectivity index (χ1v) is 12.8. The number of rotatable bonds is 8.